The summed E-state index contributed by atoms with van der Waals surface area (Å²) in [6.45, 7) is 1.89. The van der Waals surface area contributed by atoms with E-state index < -0.39 is 6.10 Å². The van der Waals surface area contributed by atoms with Crippen LogP contribution in [0.15, 0.2) is 73.1 Å². The van der Waals surface area contributed by atoms with Crippen LogP contribution in [-0.4, -0.2) is 28.3 Å². The Morgan fingerprint density at radius 2 is 1.84 bits per heavy atom. The zero-order valence-corrected chi connectivity index (χ0v) is 17.9. The summed E-state index contributed by atoms with van der Waals surface area (Å²) in [5, 5.41) is 13.9. The highest BCUT2D eigenvalue weighted by Crippen LogP contribution is 2.35. The molecule has 0 bridgehead atoms. The van der Waals surface area contributed by atoms with E-state index in [0.717, 1.165) is 27.9 Å². The Morgan fingerprint density at radius 1 is 1.00 bits per heavy atom. The van der Waals surface area contributed by atoms with Crippen molar-refractivity contribution in [1.29, 1.82) is 0 Å². The molecule has 0 aliphatic heterocycles. The summed E-state index contributed by atoms with van der Waals surface area (Å²) in [7, 11) is 1.60. The molecule has 0 amide bonds. The van der Waals surface area contributed by atoms with Crippen molar-refractivity contribution in [1.82, 2.24) is 9.97 Å². The molecule has 1 unspecified atom stereocenters. The van der Waals surface area contributed by atoms with Crippen molar-refractivity contribution in [3.8, 4) is 29.1 Å². The Labute approximate surface area is 186 Å². The van der Waals surface area contributed by atoms with Crippen LogP contribution in [0, 0.1) is 11.8 Å². The van der Waals surface area contributed by atoms with Gasteiger partial charge in [-0.1, -0.05) is 37.0 Å². The van der Waals surface area contributed by atoms with Crippen molar-refractivity contribution < 1.29 is 14.6 Å². The molecule has 1 heterocycles. The molecule has 160 valence electrons. The minimum Gasteiger partial charge on any atom is -0.493 e. The maximum atomic E-state index is 9.71. The van der Waals surface area contributed by atoms with E-state index in [1.165, 1.54) is 6.33 Å². The smallest absolute Gasteiger partial charge is 0.169 e. The van der Waals surface area contributed by atoms with Crippen LogP contribution in [-0.2, 0) is 0 Å². The molecule has 0 radical (unpaired) electrons. The summed E-state index contributed by atoms with van der Waals surface area (Å²) in [6.07, 6.45) is 1.46. The molecule has 1 aromatic heterocycles. The number of nitrogens with zero attached hydrogens (tertiary/aromatic N) is 2. The third-order valence-corrected chi connectivity index (χ3v) is 4.80. The number of para-hydroxylation sites is 1. The standard InChI is InChI=1S/C26H23N3O3/c1-3-20(30)12-9-18-10-13-23-22(15-18)26(28-17-27-23)29-19-11-14-24(25(16-19)31-2)32-21-7-5-4-6-8-21/h4-8,10-11,13-17,20,30H,3H2,1-2H3,(H,27,28,29). The zero-order valence-electron chi connectivity index (χ0n) is 17.9. The van der Waals surface area contributed by atoms with Gasteiger partial charge in [-0.05, 0) is 48.9 Å². The molecule has 0 fully saturated rings. The predicted octanol–water partition coefficient (Wildman–Crippen LogP) is 5.30. The number of methoxy groups -OCH3 is 1. The van der Waals surface area contributed by atoms with E-state index >= 15 is 0 Å². The van der Waals surface area contributed by atoms with E-state index in [9.17, 15) is 5.11 Å². The molecule has 0 aliphatic rings. The second kappa shape index (κ2) is 9.82. The van der Waals surface area contributed by atoms with Crippen LogP contribution in [0.1, 0.15) is 18.9 Å². The minimum atomic E-state index is -0.639. The van der Waals surface area contributed by atoms with Crippen molar-refractivity contribution >= 4 is 22.4 Å². The van der Waals surface area contributed by atoms with Gasteiger partial charge in [0.15, 0.2) is 11.5 Å². The first-order valence-corrected chi connectivity index (χ1v) is 10.3. The Morgan fingerprint density at radius 3 is 2.62 bits per heavy atom. The first-order valence-electron chi connectivity index (χ1n) is 10.3. The zero-order chi connectivity index (χ0) is 22.3. The number of anilines is 2. The van der Waals surface area contributed by atoms with Crippen molar-refractivity contribution in [2.24, 2.45) is 0 Å². The van der Waals surface area contributed by atoms with E-state index in [2.05, 4.69) is 27.1 Å². The monoisotopic (exact) mass is 425 g/mol. The number of nitrogens with one attached hydrogen (secondary N) is 1. The fourth-order valence-corrected chi connectivity index (χ4v) is 3.08. The van der Waals surface area contributed by atoms with Crippen LogP contribution in [0.3, 0.4) is 0 Å². The Balaban J connectivity index is 1.63. The molecule has 6 heteroatoms. The van der Waals surface area contributed by atoms with Gasteiger partial charge in [0.1, 0.15) is 24.0 Å². The summed E-state index contributed by atoms with van der Waals surface area (Å²) in [5.74, 6) is 8.43. The topological polar surface area (TPSA) is 76.5 Å². The largest absolute Gasteiger partial charge is 0.493 e. The summed E-state index contributed by atoms with van der Waals surface area (Å²) in [6, 6.07) is 20.8. The number of aromatic nitrogens is 2. The molecule has 4 rings (SSSR count). The molecule has 1 atom stereocenters. The van der Waals surface area contributed by atoms with Gasteiger partial charge in [0, 0.05) is 22.7 Å². The van der Waals surface area contributed by atoms with E-state index in [0.29, 0.717) is 23.7 Å². The van der Waals surface area contributed by atoms with Gasteiger partial charge in [-0.15, -0.1) is 0 Å². The van der Waals surface area contributed by atoms with Crippen LogP contribution < -0.4 is 14.8 Å². The Kier molecular flexibility index (Phi) is 6.49. The van der Waals surface area contributed by atoms with E-state index in [-0.39, 0.29) is 0 Å². The van der Waals surface area contributed by atoms with Crippen molar-refractivity contribution in [3.05, 3.63) is 78.6 Å². The van der Waals surface area contributed by atoms with E-state index in [4.69, 9.17) is 9.47 Å². The molecule has 0 aliphatic carbocycles. The van der Waals surface area contributed by atoms with Gasteiger partial charge in [-0.25, -0.2) is 9.97 Å². The second-order valence-electron chi connectivity index (χ2n) is 7.05. The van der Waals surface area contributed by atoms with Gasteiger partial charge >= 0.3 is 0 Å². The number of aliphatic hydroxyl groups excluding tert-OH is 1. The van der Waals surface area contributed by atoms with E-state index in [1.807, 2.05) is 73.7 Å². The quantitative estimate of drug-likeness (QED) is 0.409. The number of aliphatic hydroxyl groups is 1. The first-order chi connectivity index (χ1) is 15.7. The maximum Gasteiger partial charge on any atom is 0.169 e. The molecule has 32 heavy (non-hydrogen) atoms. The fourth-order valence-electron chi connectivity index (χ4n) is 3.08. The van der Waals surface area contributed by atoms with Crippen molar-refractivity contribution in [2.75, 3.05) is 12.4 Å². The lowest BCUT2D eigenvalue weighted by Crippen LogP contribution is -1.99. The number of hydrogen-bond acceptors (Lipinski definition) is 6. The predicted molar refractivity (Wildman–Crippen MR) is 126 cm³/mol. The van der Waals surface area contributed by atoms with Gasteiger partial charge in [-0.2, -0.15) is 0 Å². The van der Waals surface area contributed by atoms with Crippen molar-refractivity contribution in [2.45, 2.75) is 19.4 Å². The number of rotatable bonds is 6. The second-order valence-corrected chi connectivity index (χ2v) is 7.05. The third-order valence-electron chi connectivity index (χ3n) is 4.80. The number of ether oxygens (including phenoxy) is 2. The normalized spacial score (nSPS) is 11.3. The van der Waals surface area contributed by atoms with Gasteiger partial charge in [0.05, 0.1) is 12.6 Å². The molecule has 4 aromatic rings. The first kappa shape index (κ1) is 21.2. The lowest BCUT2D eigenvalue weighted by atomic mass is 10.1. The van der Waals surface area contributed by atoms with Crippen LogP contribution >= 0.6 is 0 Å². The van der Waals surface area contributed by atoms with Crippen molar-refractivity contribution in [3.63, 3.8) is 0 Å². The molecular formula is C26H23N3O3. The highest BCUT2D eigenvalue weighted by Gasteiger charge is 2.10. The molecule has 0 spiro atoms. The summed E-state index contributed by atoms with van der Waals surface area (Å²) < 4.78 is 11.5. The fraction of sp³-hybridized carbons (Fsp3) is 0.154. The number of fused-ring (bicyclic) bond motifs is 1. The Hall–Kier alpha value is -4.08. The lowest BCUT2D eigenvalue weighted by molar-refractivity contribution is 0.228. The molecule has 3 aromatic carbocycles. The molecule has 6 nitrogen and oxygen atoms in total. The number of benzene rings is 3. The average Bonchev–Trinajstić information content (AvgIpc) is 2.84. The molecular weight excluding hydrogens is 402 g/mol. The van der Waals surface area contributed by atoms with Gasteiger partial charge in [0.2, 0.25) is 0 Å². The highest BCUT2D eigenvalue weighted by molar-refractivity contribution is 5.91. The molecule has 2 N–H and O–H groups in total. The SMILES string of the molecule is CCC(O)C#Cc1ccc2ncnc(Nc3ccc(Oc4ccccc4)c(OC)c3)c2c1. The van der Waals surface area contributed by atoms with Crippen LogP contribution in [0.2, 0.25) is 0 Å². The minimum absolute atomic E-state index is 0.586. The van der Waals surface area contributed by atoms with Gasteiger partial charge < -0.3 is 19.9 Å². The van der Waals surface area contributed by atoms with E-state index in [1.54, 1.807) is 7.11 Å². The Bertz CT molecular complexity index is 1280. The summed E-state index contributed by atoms with van der Waals surface area (Å²) in [4.78, 5) is 8.75. The summed E-state index contributed by atoms with van der Waals surface area (Å²) >= 11 is 0. The summed E-state index contributed by atoms with van der Waals surface area (Å²) in [5.41, 5.74) is 2.37. The van der Waals surface area contributed by atoms with Crippen LogP contribution in [0.4, 0.5) is 11.5 Å². The highest BCUT2D eigenvalue weighted by atomic mass is 16.5. The van der Waals surface area contributed by atoms with Crippen LogP contribution in [0.5, 0.6) is 17.2 Å². The average molecular weight is 425 g/mol. The molecule has 0 saturated heterocycles. The third kappa shape index (κ3) is 4.97. The molecule has 0 saturated carbocycles. The lowest BCUT2D eigenvalue weighted by Gasteiger charge is -2.13. The number of hydrogen-bond donors (Lipinski definition) is 2. The maximum absolute atomic E-state index is 9.71. The van der Waals surface area contributed by atoms with Gasteiger partial charge in [0.25, 0.3) is 0 Å². The van der Waals surface area contributed by atoms with Gasteiger partial charge in [-0.3, -0.25) is 0 Å². The van der Waals surface area contributed by atoms with Crippen LogP contribution in [0.25, 0.3) is 10.9 Å².